The second-order valence-electron chi connectivity index (χ2n) is 5.01. The van der Waals surface area contributed by atoms with Gasteiger partial charge in [0.15, 0.2) is 0 Å². The number of aromatic nitrogens is 3. The van der Waals surface area contributed by atoms with Crippen LogP contribution in [0.15, 0.2) is 24.5 Å². The molecule has 0 aliphatic heterocycles. The van der Waals surface area contributed by atoms with Gasteiger partial charge < -0.3 is 5.32 Å². The quantitative estimate of drug-likeness (QED) is 0.888. The van der Waals surface area contributed by atoms with Crippen molar-refractivity contribution in [3.63, 3.8) is 0 Å². The first-order valence-corrected chi connectivity index (χ1v) is 7.50. The SMILES string of the molecule is CCCn1ncnc1[C@@H](C)NC(=O)Cc1c(F)cccc1Cl. The summed E-state index contributed by atoms with van der Waals surface area (Å²) in [6.45, 7) is 4.58. The van der Waals surface area contributed by atoms with Crippen LogP contribution in [-0.4, -0.2) is 20.7 Å². The third-order valence-corrected chi connectivity index (χ3v) is 3.60. The lowest BCUT2D eigenvalue weighted by atomic mass is 10.1. The number of aryl methyl sites for hydroxylation is 1. The molecule has 7 heteroatoms. The van der Waals surface area contributed by atoms with Crippen LogP contribution in [0.2, 0.25) is 5.02 Å². The summed E-state index contributed by atoms with van der Waals surface area (Å²) in [6, 6.07) is 4.05. The fourth-order valence-corrected chi connectivity index (χ4v) is 2.44. The summed E-state index contributed by atoms with van der Waals surface area (Å²) in [4.78, 5) is 16.3. The van der Waals surface area contributed by atoms with Gasteiger partial charge in [-0.3, -0.25) is 4.79 Å². The zero-order valence-corrected chi connectivity index (χ0v) is 13.3. The Labute approximate surface area is 133 Å². The van der Waals surface area contributed by atoms with E-state index >= 15 is 0 Å². The van der Waals surface area contributed by atoms with E-state index in [1.165, 1.54) is 18.5 Å². The molecular formula is C15H18ClFN4O. The first-order chi connectivity index (χ1) is 10.5. The Bertz CT molecular complexity index is 638. The molecule has 22 heavy (non-hydrogen) atoms. The van der Waals surface area contributed by atoms with Crippen LogP contribution in [0, 0.1) is 5.82 Å². The van der Waals surface area contributed by atoms with Gasteiger partial charge in [0.2, 0.25) is 5.91 Å². The van der Waals surface area contributed by atoms with E-state index < -0.39 is 5.82 Å². The van der Waals surface area contributed by atoms with E-state index in [1.807, 2.05) is 13.8 Å². The van der Waals surface area contributed by atoms with Crippen molar-refractivity contribution in [3.05, 3.63) is 46.8 Å². The lowest BCUT2D eigenvalue weighted by molar-refractivity contribution is -0.121. The van der Waals surface area contributed by atoms with Gasteiger partial charge in [-0.15, -0.1) is 0 Å². The van der Waals surface area contributed by atoms with Crippen molar-refractivity contribution in [2.75, 3.05) is 0 Å². The lowest BCUT2D eigenvalue weighted by Gasteiger charge is -2.15. The lowest BCUT2D eigenvalue weighted by Crippen LogP contribution is -2.30. The molecule has 0 unspecified atom stereocenters. The molecule has 0 spiro atoms. The Morgan fingerprint density at radius 1 is 1.50 bits per heavy atom. The normalized spacial score (nSPS) is 12.2. The van der Waals surface area contributed by atoms with Gasteiger partial charge in [0, 0.05) is 17.1 Å². The molecule has 1 N–H and O–H groups in total. The van der Waals surface area contributed by atoms with E-state index in [0.29, 0.717) is 5.82 Å². The number of carbonyl (C=O) groups excluding carboxylic acids is 1. The number of carbonyl (C=O) groups is 1. The third-order valence-electron chi connectivity index (χ3n) is 3.24. The average Bonchev–Trinajstić information content (AvgIpc) is 2.92. The van der Waals surface area contributed by atoms with Crippen LogP contribution in [0.3, 0.4) is 0 Å². The molecular weight excluding hydrogens is 307 g/mol. The second kappa shape index (κ2) is 7.35. The minimum atomic E-state index is -0.482. The third kappa shape index (κ3) is 3.82. The highest BCUT2D eigenvalue weighted by Crippen LogP contribution is 2.20. The van der Waals surface area contributed by atoms with E-state index in [-0.39, 0.29) is 29.0 Å². The van der Waals surface area contributed by atoms with E-state index in [9.17, 15) is 9.18 Å². The number of rotatable bonds is 6. The zero-order chi connectivity index (χ0) is 16.1. The van der Waals surface area contributed by atoms with E-state index in [0.717, 1.165) is 13.0 Å². The molecule has 2 aromatic rings. The molecule has 2 rings (SSSR count). The van der Waals surface area contributed by atoms with Crippen molar-refractivity contribution in [3.8, 4) is 0 Å². The number of hydrogen-bond acceptors (Lipinski definition) is 3. The Kier molecular flexibility index (Phi) is 5.49. The number of halogens is 2. The highest BCUT2D eigenvalue weighted by atomic mass is 35.5. The molecule has 0 fully saturated rings. The molecule has 0 radical (unpaired) electrons. The number of benzene rings is 1. The minimum absolute atomic E-state index is 0.113. The summed E-state index contributed by atoms with van der Waals surface area (Å²) < 4.78 is 15.4. The van der Waals surface area contributed by atoms with Gasteiger partial charge >= 0.3 is 0 Å². The van der Waals surface area contributed by atoms with Crippen LogP contribution in [0.1, 0.15) is 37.7 Å². The molecule has 5 nitrogen and oxygen atoms in total. The van der Waals surface area contributed by atoms with E-state index in [4.69, 9.17) is 11.6 Å². The van der Waals surface area contributed by atoms with Gasteiger partial charge in [-0.2, -0.15) is 5.10 Å². The van der Waals surface area contributed by atoms with Crippen molar-refractivity contribution in [1.29, 1.82) is 0 Å². The number of hydrogen-bond donors (Lipinski definition) is 1. The molecule has 1 aromatic carbocycles. The molecule has 1 amide bonds. The fraction of sp³-hybridized carbons (Fsp3) is 0.400. The Hall–Kier alpha value is -1.95. The van der Waals surface area contributed by atoms with Crippen molar-refractivity contribution in [1.82, 2.24) is 20.1 Å². The van der Waals surface area contributed by atoms with Crippen LogP contribution in [0.25, 0.3) is 0 Å². The maximum atomic E-state index is 13.7. The van der Waals surface area contributed by atoms with Crippen LogP contribution >= 0.6 is 11.6 Å². The molecule has 0 saturated carbocycles. The first kappa shape index (κ1) is 16.4. The van der Waals surface area contributed by atoms with Crippen molar-refractivity contribution < 1.29 is 9.18 Å². The smallest absolute Gasteiger partial charge is 0.225 e. The Morgan fingerprint density at radius 2 is 2.27 bits per heavy atom. The number of nitrogens with one attached hydrogen (secondary N) is 1. The van der Waals surface area contributed by atoms with Gasteiger partial charge in [-0.05, 0) is 25.5 Å². The molecule has 0 aliphatic carbocycles. The Morgan fingerprint density at radius 3 is 2.95 bits per heavy atom. The van der Waals surface area contributed by atoms with Crippen LogP contribution in [-0.2, 0) is 17.8 Å². The maximum Gasteiger partial charge on any atom is 0.225 e. The summed E-state index contributed by atoms with van der Waals surface area (Å²) in [5, 5.41) is 7.16. The molecule has 1 aromatic heterocycles. The van der Waals surface area contributed by atoms with Crippen molar-refractivity contribution in [2.45, 2.75) is 39.3 Å². The number of nitrogens with zero attached hydrogens (tertiary/aromatic N) is 3. The van der Waals surface area contributed by atoms with Gasteiger partial charge in [-0.25, -0.2) is 14.1 Å². The molecule has 0 aliphatic rings. The van der Waals surface area contributed by atoms with Crippen LogP contribution < -0.4 is 5.32 Å². The topological polar surface area (TPSA) is 59.8 Å². The van der Waals surface area contributed by atoms with Gasteiger partial charge in [0.05, 0.1) is 12.5 Å². The highest BCUT2D eigenvalue weighted by molar-refractivity contribution is 6.31. The van der Waals surface area contributed by atoms with Crippen LogP contribution in [0.5, 0.6) is 0 Å². The molecule has 0 bridgehead atoms. The summed E-state index contributed by atoms with van der Waals surface area (Å²) in [7, 11) is 0. The molecule has 1 heterocycles. The highest BCUT2D eigenvalue weighted by Gasteiger charge is 2.17. The summed E-state index contributed by atoms with van der Waals surface area (Å²) in [6.07, 6.45) is 2.26. The molecule has 118 valence electrons. The second-order valence-corrected chi connectivity index (χ2v) is 5.41. The van der Waals surface area contributed by atoms with E-state index in [1.54, 1.807) is 10.7 Å². The van der Waals surface area contributed by atoms with Crippen LogP contribution in [0.4, 0.5) is 4.39 Å². The predicted octanol–water partition coefficient (Wildman–Crippen LogP) is 2.90. The standard InChI is InChI=1S/C15H18ClFN4O/c1-3-7-21-15(18-9-19-21)10(2)20-14(22)8-11-12(16)5-4-6-13(11)17/h4-6,9-10H,3,7-8H2,1-2H3,(H,20,22)/t10-/m1/s1. The van der Waals surface area contributed by atoms with Gasteiger partial charge in [0.25, 0.3) is 0 Å². The van der Waals surface area contributed by atoms with Crippen molar-refractivity contribution in [2.24, 2.45) is 0 Å². The van der Waals surface area contributed by atoms with E-state index in [2.05, 4.69) is 15.4 Å². The average molecular weight is 325 g/mol. The largest absolute Gasteiger partial charge is 0.346 e. The maximum absolute atomic E-state index is 13.7. The van der Waals surface area contributed by atoms with Crippen molar-refractivity contribution >= 4 is 17.5 Å². The summed E-state index contributed by atoms with van der Waals surface area (Å²) in [5.41, 5.74) is 0.198. The summed E-state index contributed by atoms with van der Waals surface area (Å²) >= 11 is 5.93. The van der Waals surface area contributed by atoms with Gasteiger partial charge in [0.1, 0.15) is 18.0 Å². The molecule has 0 saturated heterocycles. The molecule has 1 atom stereocenters. The minimum Gasteiger partial charge on any atom is -0.346 e. The zero-order valence-electron chi connectivity index (χ0n) is 12.5. The number of amides is 1. The van der Waals surface area contributed by atoms with Gasteiger partial charge in [-0.1, -0.05) is 24.6 Å². The first-order valence-electron chi connectivity index (χ1n) is 7.12. The monoisotopic (exact) mass is 324 g/mol. The predicted molar refractivity (Wildman–Crippen MR) is 82.0 cm³/mol. The summed E-state index contributed by atoms with van der Waals surface area (Å²) in [5.74, 6) is -0.121. The fourth-order valence-electron chi connectivity index (χ4n) is 2.21. The Balaban J connectivity index is 2.04.